The predicted octanol–water partition coefficient (Wildman–Crippen LogP) is 6.06. The van der Waals surface area contributed by atoms with Crippen LogP contribution < -0.4 is 0 Å². The van der Waals surface area contributed by atoms with Gasteiger partial charge in [-0.25, -0.2) is 4.98 Å². The summed E-state index contributed by atoms with van der Waals surface area (Å²) >= 11 is 3.33. The Morgan fingerprint density at radius 2 is 1.78 bits per heavy atom. The second kappa shape index (κ2) is 6.53. The molecule has 23 heavy (non-hydrogen) atoms. The summed E-state index contributed by atoms with van der Waals surface area (Å²) in [7, 11) is 0. The largest absolute Gasteiger partial charge is 0.416 e. The molecule has 0 aliphatic heterocycles. The van der Waals surface area contributed by atoms with Crippen LogP contribution in [0.5, 0.6) is 0 Å². The van der Waals surface area contributed by atoms with Crippen molar-refractivity contribution in [2.24, 2.45) is 0 Å². The molecule has 120 valence electrons. The minimum Gasteiger partial charge on any atom is -0.240 e. The van der Waals surface area contributed by atoms with E-state index in [1.54, 1.807) is 23.1 Å². The van der Waals surface area contributed by atoms with Crippen LogP contribution in [0, 0.1) is 6.92 Å². The van der Waals surface area contributed by atoms with Crippen LogP contribution in [0.4, 0.5) is 13.2 Å². The third-order valence-electron chi connectivity index (χ3n) is 3.36. The molecule has 0 amide bonds. The van der Waals surface area contributed by atoms with E-state index in [-0.39, 0.29) is 0 Å². The van der Waals surface area contributed by atoms with E-state index in [1.807, 2.05) is 6.92 Å². The van der Waals surface area contributed by atoms with Gasteiger partial charge in [0.25, 0.3) is 0 Å². The SMILES string of the molecule is Cc1ccc2sc(CSCc3ccc(C(F)(F)F)cc3)nc2c1. The summed E-state index contributed by atoms with van der Waals surface area (Å²) in [6.45, 7) is 2.04. The molecule has 2 aromatic carbocycles. The van der Waals surface area contributed by atoms with E-state index in [0.717, 1.165) is 34.0 Å². The maximum absolute atomic E-state index is 12.5. The summed E-state index contributed by atoms with van der Waals surface area (Å²) in [5.41, 5.74) is 2.49. The van der Waals surface area contributed by atoms with Crippen molar-refractivity contribution in [1.29, 1.82) is 0 Å². The topological polar surface area (TPSA) is 12.9 Å². The van der Waals surface area contributed by atoms with Crippen LogP contribution in [0.3, 0.4) is 0 Å². The van der Waals surface area contributed by atoms with E-state index in [9.17, 15) is 13.2 Å². The molecule has 6 heteroatoms. The summed E-state index contributed by atoms with van der Waals surface area (Å²) in [5, 5.41) is 1.04. The number of halogens is 3. The molecule has 0 fully saturated rings. The number of aryl methyl sites for hydroxylation is 1. The molecular formula is C17H14F3NS2. The number of nitrogens with zero attached hydrogens (tertiary/aromatic N) is 1. The van der Waals surface area contributed by atoms with Gasteiger partial charge in [-0.2, -0.15) is 13.2 Å². The van der Waals surface area contributed by atoms with Crippen molar-refractivity contribution in [3.05, 3.63) is 64.2 Å². The number of hydrogen-bond donors (Lipinski definition) is 0. The van der Waals surface area contributed by atoms with Crippen LogP contribution in [-0.2, 0) is 17.7 Å². The highest BCUT2D eigenvalue weighted by atomic mass is 32.2. The quantitative estimate of drug-likeness (QED) is 0.566. The van der Waals surface area contributed by atoms with Gasteiger partial charge in [0, 0.05) is 11.5 Å². The second-order valence-corrected chi connectivity index (χ2v) is 7.37. The zero-order valence-electron chi connectivity index (χ0n) is 12.4. The van der Waals surface area contributed by atoms with Crippen LogP contribution in [-0.4, -0.2) is 4.98 Å². The van der Waals surface area contributed by atoms with Gasteiger partial charge < -0.3 is 0 Å². The fraction of sp³-hybridized carbons (Fsp3) is 0.235. The van der Waals surface area contributed by atoms with Crippen molar-refractivity contribution >= 4 is 33.3 Å². The van der Waals surface area contributed by atoms with Gasteiger partial charge >= 0.3 is 6.18 Å². The first kappa shape index (κ1) is 16.3. The molecule has 1 nitrogen and oxygen atoms in total. The zero-order valence-corrected chi connectivity index (χ0v) is 14.0. The van der Waals surface area contributed by atoms with Gasteiger partial charge in [0.2, 0.25) is 0 Å². The molecule has 0 unspecified atom stereocenters. The number of alkyl halides is 3. The molecule has 0 radical (unpaired) electrons. The molecule has 3 aromatic rings. The maximum atomic E-state index is 12.5. The van der Waals surface area contributed by atoms with Crippen molar-refractivity contribution in [2.45, 2.75) is 24.6 Å². The summed E-state index contributed by atoms with van der Waals surface area (Å²) < 4.78 is 38.7. The molecule has 0 aliphatic carbocycles. The molecule has 0 saturated heterocycles. The summed E-state index contributed by atoms with van der Waals surface area (Å²) in [6.07, 6.45) is -4.27. The summed E-state index contributed by atoms with van der Waals surface area (Å²) in [5.74, 6) is 1.44. The Morgan fingerprint density at radius 1 is 1.04 bits per heavy atom. The number of aromatic nitrogens is 1. The number of thioether (sulfide) groups is 1. The van der Waals surface area contributed by atoms with Crippen LogP contribution in [0.25, 0.3) is 10.2 Å². The number of hydrogen-bond acceptors (Lipinski definition) is 3. The summed E-state index contributed by atoms with van der Waals surface area (Å²) in [6, 6.07) is 11.6. The molecular weight excluding hydrogens is 339 g/mol. The zero-order chi connectivity index (χ0) is 16.4. The molecule has 0 bridgehead atoms. The van der Waals surface area contributed by atoms with Gasteiger partial charge in [0.05, 0.1) is 15.8 Å². The average Bonchev–Trinajstić information content (AvgIpc) is 2.88. The van der Waals surface area contributed by atoms with E-state index < -0.39 is 11.7 Å². The van der Waals surface area contributed by atoms with Crippen molar-refractivity contribution in [2.75, 3.05) is 0 Å². The van der Waals surface area contributed by atoms with Crippen LogP contribution in [0.15, 0.2) is 42.5 Å². The lowest BCUT2D eigenvalue weighted by Gasteiger charge is -2.07. The first-order chi connectivity index (χ1) is 10.9. The van der Waals surface area contributed by atoms with Crippen molar-refractivity contribution < 1.29 is 13.2 Å². The lowest BCUT2D eigenvalue weighted by Crippen LogP contribution is -2.04. The van der Waals surface area contributed by atoms with E-state index >= 15 is 0 Å². The molecule has 0 aliphatic rings. The first-order valence-corrected chi connectivity index (χ1v) is 8.99. The molecule has 3 rings (SSSR count). The smallest absolute Gasteiger partial charge is 0.240 e. The van der Waals surface area contributed by atoms with Gasteiger partial charge in [0.1, 0.15) is 5.01 Å². The fourth-order valence-corrected chi connectivity index (χ4v) is 4.19. The average molecular weight is 353 g/mol. The Balaban J connectivity index is 1.60. The third kappa shape index (κ3) is 4.06. The number of fused-ring (bicyclic) bond motifs is 1. The van der Waals surface area contributed by atoms with E-state index in [0.29, 0.717) is 5.75 Å². The fourth-order valence-electron chi connectivity index (χ4n) is 2.19. The van der Waals surface area contributed by atoms with Gasteiger partial charge in [-0.1, -0.05) is 18.2 Å². The molecule has 0 N–H and O–H groups in total. The minimum atomic E-state index is -4.27. The Hall–Kier alpha value is -1.53. The second-order valence-electron chi connectivity index (χ2n) is 5.27. The number of benzene rings is 2. The van der Waals surface area contributed by atoms with Gasteiger partial charge in [-0.3, -0.25) is 0 Å². The van der Waals surface area contributed by atoms with Gasteiger partial charge in [-0.05, 0) is 42.3 Å². The van der Waals surface area contributed by atoms with Gasteiger partial charge in [-0.15, -0.1) is 23.1 Å². The molecule has 1 heterocycles. The Morgan fingerprint density at radius 3 is 2.48 bits per heavy atom. The van der Waals surface area contributed by atoms with E-state index in [2.05, 4.69) is 23.2 Å². The monoisotopic (exact) mass is 353 g/mol. The van der Waals surface area contributed by atoms with Crippen molar-refractivity contribution in [3.8, 4) is 0 Å². The highest BCUT2D eigenvalue weighted by Gasteiger charge is 2.29. The molecule has 0 saturated carbocycles. The van der Waals surface area contributed by atoms with Crippen molar-refractivity contribution in [3.63, 3.8) is 0 Å². The Kier molecular flexibility index (Phi) is 4.64. The van der Waals surface area contributed by atoms with Gasteiger partial charge in [0.15, 0.2) is 0 Å². The van der Waals surface area contributed by atoms with E-state index in [1.165, 1.54) is 22.4 Å². The highest BCUT2D eigenvalue weighted by molar-refractivity contribution is 7.97. The van der Waals surface area contributed by atoms with E-state index in [4.69, 9.17) is 0 Å². The Labute approximate surface area is 140 Å². The lowest BCUT2D eigenvalue weighted by atomic mass is 10.1. The normalized spacial score (nSPS) is 12.0. The first-order valence-electron chi connectivity index (χ1n) is 7.02. The summed E-state index contributed by atoms with van der Waals surface area (Å²) in [4.78, 5) is 4.60. The maximum Gasteiger partial charge on any atom is 0.416 e. The standard InChI is InChI=1S/C17H14F3NS2/c1-11-2-7-15-14(8-11)21-16(23-15)10-22-9-12-3-5-13(6-4-12)17(18,19)20/h2-8H,9-10H2,1H3. The predicted molar refractivity (Wildman–Crippen MR) is 90.8 cm³/mol. The highest BCUT2D eigenvalue weighted by Crippen LogP contribution is 2.30. The van der Waals surface area contributed by atoms with Crippen LogP contribution >= 0.6 is 23.1 Å². The minimum absolute atomic E-state index is 0.604. The molecule has 1 aromatic heterocycles. The van der Waals surface area contributed by atoms with Crippen LogP contribution in [0.2, 0.25) is 0 Å². The molecule has 0 spiro atoms. The number of rotatable bonds is 4. The van der Waals surface area contributed by atoms with Crippen LogP contribution in [0.1, 0.15) is 21.7 Å². The Bertz CT molecular complexity index is 807. The number of thiazole rings is 1. The van der Waals surface area contributed by atoms with Crippen molar-refractivity contribution in [1.82, 2.24) is 4.98 Å². The molecule has 0 atom stereocenters. The third-order valence-corrected chi connectivity index (χ3v) is 5.60. The lowest BCUT2D eigenvalue weighted by molar-refractivity contribution is -0.137.